The summed E-state index contributed by atoms with van der Waals surface area (Å²) in [5, 5.41) is 3.68. The standard InChI is InChI=1S/C22H23N3OS/c1-2-13-25-14-12-19-20(15-25)27-22(23-19)24-21(26)18-10-8-17(9-11-18)16-6-4-3-5-7-16/h3-11H,2,12-15H2,1H3,(H,23,24,26). The zero-order valence-corrected chi connectivity index (χ0v) is 16.3. The molecule has 0 saturated heterocycles. The topological polar surface area (TPSA) is 45.2 Å². The van der Waals surface area contributed by atoms with Gasteiger partial charge in [0.1, 0.15) is 0 Å². The molecule has 0 bridgehead atoms. The van der Waals surface area contributed by atoms with Crippen molar-refractivity contribution in [3.8, 4) is 11.1 Å². The molecule has 0 atom stereocenters. The molecule has 0 aliphatic carbocycles. The van der Waals surface area contributed by atoms with Crippen LogP contribution in [0.5, 0.6) is 0 Å². The molecule has 4 nitrogen and oxygen atoms in total. The van der Waals surface area contributed by atoms with Crippen LogP contribution in [0.1, 0.15) is 34.3 Å². The van der Waals surface area contributed by atoms with Gasteiger partial charge in [0.05, 0.1) is 5.69 Å². The van der Waals surface area contributed by atoms with E-state index in [2.05, 4.69) is 34.3 Å². The Kier molecular flexibility index (Phi) is 5.32. The molecule has 138 valence electrons. The van der Waals surface area contributed by atoms with E-state index in [1.165, 1.54) is 4.88 Å². The van der Waals surface area contributed by atoms with Crippen molar-refractivity contribution in [2.45, 2.75) is 26.3 Å². The number of hydrogen-bond donors (Lipinski definition) is 1. The molecule has 1 aliphatic rings. The highest BCUT2D eigenvalue weighted by atomic mass is 32.1. The summed E-state index contributed by atoms with van der Waals surface area (Å²) in [6.45, 7) is 5.32. The predicted octanol–water partition coefficient (Wildman–Crippen LogP) is 4.83. The molecule has 27 heavy (non-hydrogen) atoms. The van der Waals surface area contributed by atoms with Crippen LogP contribution in [0.15, 0.2) is 54.6 Å². The van der Waals surface area contributed by atoms with Gasteiger partial charge in [0.25, 0.3) is 5.91 Å². The van der Waals surface area contributed by atoms with Crippen LogP contribution < -0.4 is 5.32 Å². The zero-order valence-electron chi connectivity index (χ0n) is 15.4. The first-order chi connectivity index (χ1) is 13.2. The number of rotatable bonds is 5. The van der Waals surface area contributed by atoms with Gasteiger partial charge < -0.3 is 0 Å². The molecule has 1 aliphatic heterocycles. The van der Waals surface area contributed by atoms with Gasteiger partial charge in [-0.2, -0.15) is 0 Å². The van der Waals surface area contributed by atoms with Gasteiger partial charge in [-0.05, 0) is 36.2 Å². The molecule has 0 radical (unpaired) electrons. The summed E-state index contributed by atoms with van der Waals surface area (Å²) in [6, 6.07) is 17.9. The molecule has 5 heteroatoms. The summed E-state index contributed by atoms with van der Waals surface area (Å²) in [4.78, 5) is 21.0. The van der Waals surface area contributed by atoms with Crippen molar-refractivity contribution in [3.63, 3.8) is 0 Å². The highest BCUT2D eigenvalue weighted by molar-refractivity contribution is 7.15. The highest BCUT2D eigenvalue weighted by Gasteiger charge is 2.21. The number of nitrogens with zero attached hydrogens (tertiary/aromatic N) is 2. The quantitative estimate of drug-likeness (QED) is 0.693. The average Bonchev–Trinajstić information content (AvgIpc) is 3.10. The summed E-state index contributed by atoms with van der Waals surface area (Å²) in [7, 11) is 0. The van der Waals surface area contributed by atoms with E-state index in [-0.39, 0.29) is 5.91 Å². The monoisotopic (exact) mass is 377 g/mol. The van der Waals surface area contributed by atoms with Gasteiger partial charge >= 0.3 is 0 Å². The fraction of sp³-hybridized carbons (Fsp3) is 0.273. The summed E-state index contributed by atoms with van der Waals surface area (Å²) in [6.07, 6.45) is 2.13. The number of fused-ring (bicyclic) bond motifs is 1. The highest BCUT2D eigenvalue weighted by Crippen LogP contribution is 2.29. The minimum Gasteiger partial charge on any atom is -0.298 e. The predicted molar refractivity (Wildman–Crippen MR) is 111 cm³/mol. The Bertz CT molecular complexity index is 918. The van der Waals surface area contributed by atoms with Gasteiger partial charge in [-0.25, -0.2) is 4.98 Å². The molecule has 2 heterocycles. The second kappa shape index (κ2) is 8.03. The fourth-order valence-electron chi connectivity index (χ4n) is 3.42. The maximum atomic E-state index is 12.6. The second-order valence-electron chi connectivity index (χ2n) is 6.81. The first kappa shape index (κ1) is 17.9. The smallest absolute Gasteiger partial charge is 0.257 e. The molecule has 1 amide bonds. The normalized spacial score (nSPS) is 14.0. The molecule has 0 unspecified atom stereocenters. The number of hydrogen-bond acceptors (Lipinski definition) is 4. The lowest BCUT2D eigenvalue weighted by molar-refractivity contribution is 0.102. The Morgan fingerprint density at radius 1 is 1.11 bits per heavy atom. The van der Waals surface area contributed by atoms with Gasteiger partial charge in [0, 0.05) is 30.0 Å². The van der Waals surface area contributed by atoms with Crippen molar-refractivity contribution in [3.05, 3.63) is 70.7 Å². The van der Waals surface area contributed by atoms with Crippen LogP contribution in [0.3, 0.4) is 0 Å². The Balaban J connectivity index is 1.44. The van der Waals surface area contributed by atoms with E-state index in [9.17, 15) is 4.79 Å². The molecular weight excluding hydrogens is 354 g/mol. The second-order valence-corrected chi connectivity index (χ2v) is 7.90. The number of nitrogens with one attached hydrogen (secondary N) is 1. The maximum Gasteiger partial charge on any atom is 0.257 e. The number of anilines is 1. The summed E-state index contributed by atoms with van der Waals surface area (Å²) in [5.74, 6) is -0.105. The summed E-state index contributed by atoms with van der Waals surface area (Å²) < 4.78 is 0. The van der Waals surface area contributed by atoms with Crippen molar-refractivity contribution in [1.29, 1.82) is 0 Å². The average molecular weight is 378 g/mol. The van der Waals surface area contributed by atoms with Gasteiger partial charge in [-0.15, -0.1) is 11.3 Å². The molecule has 2 aromatic carbocycles. The molecular formula is C22H23N3OS. The minimum absolute atomic E-state index is 0.105. The summed E-state index contributed by atoms with van der Waals surface area (Å²) in [5.41, 5.74) is 4.04. The zero-order chi connectivity index (χ0) is 18.6. The van der Waals surface area contributed by atoms with Crippen LogP contribution in [-0.4, -0.2) is 28.9 Å². The van der Waals surface area contributed by atoms with E-state index >= 15 is 0 Å². The number of benzene rings is 2. The Morgan fingerprint density at radius 2 is 1.85 bits per heavy atom. The van der Waals surface area contributed by atoms with E-state index in [4.69, 9.17) is 0 Å². The molecule has 3 aromatic rings. The molecule has 0 fully saturated rings. The van der Waals surface area contributed by atoms with Crippen molar-refractivity contribution in [1.82, 2.24) is 9.88 Å². The van der Waals surface area contributed by atoms with E-state index < -0.39 is 0 Å². The van der Waals surface area contributed by atoms with Crippen LogP contribution in [-0.2, 0) is 13.0 Å². The Morgan fingerprint density at radius 3 is 2.59 bits per heavy atom. The van der Waals surface area contributed by atoms with Crippen LogP contribution in [0, 0.1) is 0 Å². The third-order valence-electron chi connectivity index (χ3n) is 4.82. The minimum atomic E-state index is -0.105. The summed E-state index contributed by atoms with van der Waals surface area (Å²) >= 11 is 1.60. The molecule has 1 N–H and O–H groups in total. The Labute approximate surface area is 163 Å². The third kappa shape index (κ3) is 4.10. The van der Waals surface area contributed by atoms with E-state index in [1.807, 2.05) is 42.5 Å². The van der Waals surface area contributed by atoms with Gasteiger partial charge in [0.2, 0.25) is 0 Å². The largest absolute Gasteiger partial charge is 0.298 e. The lowest BCUT2D eigenvalue weighted by atomic mass is 10.0. The lowest BCUT2D eigenvalue weighted by Crippen LogP contribution is -2.30. The van der Waals surface area contributed by atoms with E-state index in [0.29, 0.717) is 10.7 Å². The van der Waals surface area contributed by atoms with Crippen LogP contribution in [0.25, 0.3) is 11.1 Å². The number of carbonyl (C=O) groups is 1. The molecule has 1 aromatic heterocycles. The third-order valence-corrected chi connectivity index (χ3v) is 5.82. The fourth-order valence-corrected chi connectivity index (χ4v) is 4.47. The first-order valence-corrected chi connectivity index (χ1v) is 10.2. The molecule has 0 spiro atoms. The lowest BCUT2D eigenvalue weighted by Gasteiger charge is -2.24. The first-order valence-electron chi connectivity index (χ1n) is 9.40. The van der Waals surface area contributed by atoms with Crippen molar-refractivity contribution < 1.29 is 4.79 Å². The molecule has 0 saturated carbocycles. The van der Waals surface area contributed by atoms with Gasteiger partial charge in [-0.1, -0.05) is 49.4 Å². The SMILES string of the molecule is CCCN1CCc2nc(NC(=O)c3ccc(-c4ccccc4)cc3)sc2C1. The maximum absolute atomic E-state index is 12.6. The Hall–Kier alpha value is -2.50. The van der Waals surface area contributed by atoms with Crippen molar-refractivity contribution in [2.75, 3.05) is 18.4 Å². The number of aromatic nitrogens is 1. The van der Waals surface area contributed by atoms with Crippen molar-refractivity contribution in [2.24, 2.45) is 0 Å². The van der Waals surface area contributed by atoms with E-state index in [1.54, 1.807) is 11.3 Å². The van der Waals surface area contributed by atoms with E-state index in [0.717, 1.165) is 49.3 Å². The number of thiazole rings is 1. The van der Waals surface area contributed by atoms with Gasteiger partial charge in [-0.3, -0.25) is 15.0 Å². The molecule has 4 rings (SSSR count). The van der Waals surface area contributed by atoms with Crippen molar-refractivity contribution >= 4 is 22.4 Å². The van der Waals surface area contributed by atoms with Crippen LogP contribution >= 0.6 is 11.3 Å². The van der Waals surface area contributed by atoms with Gasteiger partial charge in [0.15, 0.2) is 5.13 Å². The number of carbonyl (C=O) groups excluding carboxylic acids is 1. The number of amides is 1. The van der Waals surface area contributed by atoms with Crippen LogP contribution in [0.2, 0.25) is 0 Å². The van der Waals surface area contributed by atoms with Crippen LogP contribution in [0.4, 0.5) is 5.13 Å².